The topological polar surface area (TPSA) is 188 Å². The molecule has 0 saturated heterocycles. The van der Waals surface area contributed by atoms with Gasteiger partial charge in [-0.1, -0.05) is 45.8 Å². The highest BCUT2D eigenvalue weighted by molar-refractivity contribution is 6.26. The van der Waals surface area contributed by atoms with Crippen LogP contribution in [0.3, 0.4) is 0 Å². The highest BCUT2D eigenvalue weighted by atomic mass is 35.5. The minimum atomic E-state index is -1.71. The third kappa shape index (κ3) is 6.45. The van der Waals surface area contributed by atoms with Gasteiger partial charge in [-0.15, -0.1) is 21.7 Å². The van der Waals surface area contributed by atoms with Crippen LogP contribution in [0.15, 0.2) is 23.8 Å². The molecule has 0 heterocycles. The maximum Gasteiger partial charge on any atom is 0.325 e. The number of allylic oxidation sites excluding steroid dienone is 4. The van der Waals surface area contributed by atoms with Crippen molar-refractivity contribution < 1.29 is 48.5 Å². The Morgan fingerprint density at radius 1 is 1.15 bits per heavy atom. The molecule has 13 nitrogen and oxygen atoms in total. The molecule has 0 spiro atoms. The van der Waals surface area contributed by atoms with Crippen LogP contribution in [0.4, 0.5) is 0 Å². The summed E-state index contributed by atoms with van der Waals surface area (Å²) in [6, 6.07) is 0. The number of aliphatic hydroxyl groups is 1. The highest BCUT2D eigenvalue weighted by Crippen LogP contribution is 2.72. The summed E-state index contributed by atoms with van der Waals surface area (Å²) in [5.41, 5.74) is -2.68. The van der Waals surface area contributed by atoms with Crippen molar-refractivity contribution in [3.63, 3.8) is 0 Å². The molecule has 260 valence electrons. The van der Waals surface area contributed by atoms with Crippen LogP contribution in [0.1, 0.15) is 85.5 Å². The number of nitrogens with one attached hydrogen (secondary N) is 1. The number of fused-ring (bicyclic) bond motifs is 5. The molecule has 0 aliphatic heterocycles. The van der Waals surface area contributed by atoms with Crippen LogP contribution in [-0.2, 0) is 38.3 Å². The molecule has 0 bridgehead atoms. The second-order valence-corrected chi connectivity index (χ2v) is 14.3. The van der Waals surface area contributed by atoms with E-state index in [1.807, 2.05) is 20.8 Å². The second-order valence-electron chi connectivity index (χ2n) is 13.7. The second kappa shape index (κ2) is 14.0. The fraction of sp³-hybridized carbons (Fsp3) is 0.727. The number of unbranched alkanes of at least 4 members (excludes halogenated alkanes) is 2. The molecular weight excluding hydrogens is 636 g/mol. The standard InChI is InChI=1S/C33H45ClN2O11/c1-5-28(41)47-33(26(39)19-45-29(42)18-35-27(40)9-7-6-8-14-46-36(43)44)20(2)15-24-23-11-10-21-16-22(37)12-13-30(21,3)32(23,34)25(38)17-31(24,33)4/h12-13,16,20,23-25,38H,5-11,14-15,17-19H2,1-4H3,(H,35,40)/t20-,23-,24-,25-,30-,31-,32-,33+/m0/s1. The Morgan fingerprint density at radius 2 is 1.87 bits per heavy atom. The van der Waals surface area contributed by atoms with Gasteiger partial charge < -0.3 is 24.7 Å². The van der Waals surface area contributed by atoms with Gasteiger partial charge >= 0.3 is 11.9 Å². The van der Waals surface area contributed by atoms with Crippen LogP contribution in [0.5, 0.6) is 0 Å². The molecule has 47 heavy (non-hydrogen) atoms. The Hall–Kier alpha value is -3.32. The molecule has 4 aliphatic rings. The zero-order valence-corrected chi connectivity index (χ0v) is 28.1. The predicted molar refractivity (Wildman–Crippen MR) is 167 cm³/mol. The Kier molecular flexibility index (Phi) is 10.9. The van der Waals surface area contributed by atoms with Gasteiger partial charge in [0.15, 0.2) is 18.0 Å². The average Bonchev–Trinajstić information content (AvgIpc) is 3.23. The monoisotopic (exact) mass is 680 g/mol. The fourth-order valence-corrected chi connectivity index (χ4v) is 9.44. The van der Waals surface area contributed by atoms with Gasteiger partial charge in [0, 0.05) is 29.6 Å². The van der Waals surface area contributed by atoms with E-state index in [4.69, 9.17) is 21.1 Å². The molecular formula is C33H45ClN2O11. The summed E-state index contributed by atoms with van der Waals surface area (Å²) in [6.07, 6.45) is 6.88. The van der Waals surface area contributed by atoms with Crippen molar-refractivity contribution in [2.45, 2.75) is 102 Å². The Balaban J connectivity index is 1.47. The highest BCUT2D eigenvalue weighted by Gasteiger charge is 2.76. The van der Waals surface area contributed by atoms with Crippen molar-refractivity contribution in [1.29, 1.82) is 0 Å². The normalized spacial score (nSPS) is 35.4. The lowest BCUT2D eigenvalue weighted by Crippen LogP contribution is -2.69. The largest absolute Gasteiger partial charge is 0.456 e. The van der Waals surface area contributed by atoms with Crippen molar-refractivity contribution in [1.82, 2.24) is 5.32 Å². The van der Waals surface area contributed by atoms with E-state index in [0.717, 1.165) is 5.57 Å². The van der Waals surface area contributed by atoms with E-state index in [1.165, 1.54) is 6.08 Å². The molecule has 1 amide bonds. The van der Waals surface area contributed by atoms with Crippen molar-refractivity contribution in [2.75, 3.05) is 19.8 Å². The zero-order valence-electron chi connectivity index (χ0n) is 27.4. The average molecular weight is 681 g/mol. The number of carbonyl (C=O) groups is 5. The number of hydrogen-bond donors (Lipinski definition) is 2. The van der Waals surface area contributed by atoms with Crippen LogP contribution in [0.25, 0.3) is 0 Å². The van der Waals surface area contributed by atoms with Crippen molar-refractivity contribution in [2.24, 2.45) is 28.6 Å². The summed E-state index contributed by atoms with van der Waals surface area (Å²) in [6.45, 7) is 5.99. The van der Waals surface area contributed by atoms with Gasteiger partial charge in [0.25, 0.3) is 5.09 Å². The molecule has 2 N–H and O–H groups in total. The summed E-state index contributed by atoms with van der Waals surface area (Å²) >= 11 is 7.52. The number of alkyl halides is 1. The maximum atomic E-state index is 14.2. The Bertz CT molecular complexity index is 1370. The molecule has 14 heteroatoms. The molecule has 4 rings (SSSR count). The van der Waals surface area contributed by atoms with Crippen molar-refractivity contribution in [3.05, 3.63) is 33.9 Å². The number of amides is 1. The third-order valence-corrected chi connectivity index (χ3v) is 12.1. The number of carbonyl (C=O) groups excluding carboxylic acids is 5. The molecule has 3 fully saturated rings. The first kappa shape index (κ1) is 36.5. The summed E-state index contributed by atoms with van der Waals surface area (Å²) in [5, 5.41) is 23.6. The van der Waals surface area contributed by atoms with Crippen LogP contribution in [-0.4, -0.2) is 75.9 Å². The van der Waals surface area contributed by atoms with Gasteiger partial charge in [0.05, 0.1) is 17.6 Å². The predicted octanol–water partition coefficient (Wildman–Crippen LogP) is 3.56. The Labute approximate surface area is 278 Å². The summed E-state index contributed by atoms with van der Waals surface area (Å²) in [4.78, 5) is 77.3. The molecule has 0 aromatic carbocycles. The van der Waals surface area contributed by atoms with Gasteiger partial charge in [0.2, 0.25) is 11.7 Å². The first-order valence-electron chi connectivity index (χ1n) is 16.3. The number of ether oxygens (including phenoxy) is 2. The Morgan fingerprint density at radius 3 is 2.55 bits per heavy atom. The zero-order chi connectivity index (χ0) is 34.8. The van der Waals surface area contributed by atoms with E-state index < -0.39 is 75.2 Å². The molecule has 3 saturated carbocycles. The van der Waals surface area contributed by atoms with Gasteiger partial charge in [0.1, 0.15) is 6.54 Å². The lowest BCUT2D eigenvalue weighted by atomic mass is 9.45. The van der Waals surface area contributed by atoms with E-state index in [-0.39, 0.29) is 43.5 Å². The number of nitrogens with zero attached hydrogens (tertiary/aromatic N) is 1. The number of esters is 2. The van der Waals surface area contributed by atoms with E-state index in [0.29, 0.717) is 38.5 Å². The van der Waals surface area contributed by atoms with Crippen molar-refractivity contribution in [3.8, 4) is 0 Å². The van der Waals surface area contributed by atoms with Gasteiger partial charge in [-0.05, 0) is 62.5 Å². The van der Waals surface area contributed by atoms with E-state index >= 15 is 0 Å². The van der Waals surface area contributed by atoms with Crippen LogP contribution < -0.4 is 5.32 Å². The number of ketones is 2. The third-order valence-electron chi connectivity index (χ3n) is 11.2. The summed E-state index contributed by atoms with van der Waals surface area (Å²) in [7, 11) is 0. The minimum absolute atomic E-state index is 0.00748. The number of aliphatic hydroxyl groups excluding tert-OH is 1. The van der Waals surface area contributed by atoms with Crippen LogP contribution >= 0.6 is 11.6 Å². The minimum Gasteiger partial charge on any atom is -0.456 e. The van der Waals surface area contributed by atoms with Gasteiger partial charge in [-0.25, -0.2) is 0 Å². The summed E-state index contributed by atoms with van der Waals surface area (Å²) < 4.78 is 11.4. The molecule has 0 aromatic heterocycles. The van der Waals surface area contributed by atoms with Gasteiger partial charge in [-0.2, -0.15) is 0 Å². The number of rotatable bonds is 14. The lowest BCUT2D eigenvalue weighted by Gasteiger charge is -2.64. The first-order chi connectivity index (χ1) is 22.1. The lowest BCUT2D eigenvalue weighted by molar-refractivity contribution is -0.757. The van der Waals surface area contributed by atoms with Crippen LogP contribution in [0.2, 0.25) is 0 Å². The molecule has 8 atom stereocenters. The first-order valence-corrected chi connectivity index (χ1v) is 16.7. The summed E-state index contributed by atoms with van der Waals surface area (Å²) in [5.74, 6) is -3.61. The molecule has 0 unspecified atom stereocenters. The SMILES string of the molecule is CCC(=O)O[C@@]1(C(=O)COC(=O)CNC(=O)CCCCCO[N+](=O)[O-])[C@@H](C)C[C@H]2[C@@H]3CCC4=CC(=O)C=C[C@]4(C)[C@@]3(Cl)[C@@H](O)C[C@@]21C. The number of halogens is 1. The van der Waals surface area contributed by atoms with E-state index in [9.17, 15) is 39.2 Å². The maximum absolute atomic E-state index is 14.2. The van der Waals surface area contributed by atoms with E-state index in [1.54, 1.807) is 19.1 Å². The quantitative estimate of drug-likeness (QED) is 0.0897. The molecule has 0 aromatic rings. The van der Waals surface area contributed by atoms with E-state index in [2.05, 4.69) is 10.2 Å². The molecule has 0 radical (unpaired) electrons. The van der Waals surface area contributed by atoms with Gasteiger partial charge in [-0.3, -0.25) is 24.0 Å². The van der Waals surface area contributed by atoms with Crippen LogP contribution in [0, 0.1) is 38.7 Å². The fourth-order valence-electron chi connectivity index (χ4n) is 8.92. The smallest absolute Gasteiger partial charge is 0.325 e. The number of hydrogen-bond acceptors (Lipinski definition) is 11. The van der Waals surface area contributed by atoms with Crippen molar-refractivity contribution >= 4 is 41.0 Å². The molecule has 4 aliphatic carbocycles. The number of Topliss-reactive ketones (excluding diaryl/α,β-unsaturated/α-hetero) is 1.